The van der Waals surface area contributed by atoms with Gasteiger partial charge in [0.05, 0.1) is 12.3 Å². The molecule has 0 atom stereocenters. The van der Waals surface area contributed by atoms with Crippen LogP contribution < -0.4 is 5.32 Å². The molecular weight excluding hydrogens is 408 g/mol. The lowest BCUT2D eigenvalue weighted by atomic mass is 10.1. The van der Waals surface area contributed by atoms with Crippen LogP contribution in [0.5, 0.6) is 0 Å². The van der Waals surface area contributed by atoms with Gasteiger partial charge in [-0.1, -0.05) is 0 Å². The molecule has 0 aliphatic rings. The third-order valence-corrected chi connectivity index (χ3v) is 4.01. The highest BCUT2D eigenvalue weighted by Gasteiger charge is 2.21. The largest absolute Gasteiger partial charge is 0.368 e. The van der Waals surface area contributed by atoms with Crippen molar-refractivity contribution < 1.29 is 0 Å². The third kappa shape index (κ3) is 3.46. The van der Waals surface area contributed by atoms with Crippen molar-refractivity contribution in [2.24, 2.45) is 0 Å². The van der Waals surface area contributed by atoms with Gasteiger partial charge in [0.2, 0.25) is 0 Å². The first-order chi connectivity index (χ1) is 15.6. The number of aromatic nitrogens is 6. The zero-order valence-electron chi connectivity index (χ0n) is 16.7. The van der Waals surface area contributed by atoms with E-state index in [1.54, 1.807) is 6.07 Å². The van der Waals surface area contributed by atoms with E-state index in [1.807, 2.05) is 31.2 Å². The number of rotatable bonds is 2. The lowest BCUT2D eigenvalue weighted by molar-refractivity contribution is 1.13. The predicted molar refractivity (Wildman–Crippen MR) is 110 cm³/mol. The molecule has 0 saturated heterocycles. The minimum Gasteiger partial charge on any atom is -0.368 e. The Morgan fingerprint density at radius 2 is 1.16 bits per heavy atom. The summed E-state index contributed by atoms with van der Waals surface area (Å²) in [5.74, 6) is 0.245. The summed E-state index contributed by atoms with van der Waals surface area (Å²) in [4.78, 5) is 25.8. The smallest absolute Gasteiger partial charge is 0.183 e. The molecule has 1 N–H and O–H groups in total. The number of nitrogens with zero attached hydrogens (tertiary/aromatic N) is 11. The molecule has 0 spiro atoms. The van der Waals surface area contributed by atoms with E-state index in [1.165, 1.54) is 13.1 Å². The first-order valence-electron chi connectivity index (χ1n) is 8.94. The number of hydrogen-bond donors (Lipinski definition) is 1. The summed E-state index contributed by atoms with van der Waals surface area (Å²) < 4.78 is 0. The lowest BCUT2D eigenvalue weighted by Crippen LogP contribution is -2.07. The Labute approximate surface area is 180 Å². The average Bonchev–Trinajstić information content (AvgIpc) is 2.83. The first-order valence-corrected chi connectivity index (χ1v) is 8.94. The van der Waals surface area contributed by atoms with Crippen molar-refractivity contribution in [3.63, 3.8) is 0 Å². The van der Waals surface area contributed by atoms with Crippen LogP contribution in [0.1, 0.15) is 36.6 Å². The van der Waals surface area contributed by atoms with Crippen LogP contribution in [-0.2, 0) is 0 Å². The molecule has 3 aromatic heterocycles. The Kier molecular flexibility index (Phi) is 5.89. The maximum Gasteiger partial charge on any atom is 0.183 e. The third-order valence-electron chi connectivity index (χ3n) is 4.01. The molecular formula is C20H10N12. The average molecular weight is 418 g/mol. The fraction of sp³-hybridized carbons (Fsp3) is 0.150. The predicted octanol–water partition coefficient (Wildman–Crippen LogP) is 1.96. The van der Waals surface area contributed by atoms with Crippen LogP contribution in [0, 0.1) is 56.7 Å². The van der Waals surface area contributed by atoms with E-state index in [0.717, 1.165) is 0 Å². The van der Waals surface area contributed by atoms with Crippen LogP contribution in [0.3, 0.4) is 0 Å². The Morgan fingerprint density at radius 1 is 0.688 bits per heavy atom. The molecule has 0 radical (unpaired) electrons. The van der Waals surface area contributed by atoms with E-state index in [2.05, 4.69) is 35.2 Å². The van der Waals surface area contributed by atoms with Crippen molar-refractivity contribution in [2.45, 2.75) is 13.8 Å². The van der Waals surface area contributed by atoms with Gasteiger partial charge in [-0.2, -0.15) is 26.3 Å². The van der Waals surface area contributed by atoms with E-state index in [4.69, 9.17) is 5.26 Å². The molecule has 3 heterocycles. The SMILES string of the molecule is CC#N.CCNc1nc2c3nc(C#N)cnc3c3nc(C#N)c(C#N)nc3c2nc1C#N. The van der Waals surface area contributed by atoms with Crippen LogP contribution in [0.4, 0.5) is 5.82 Å². The van der Waals surface area contributed by atoms with Gasteiger partial charge in [0.15, 0.2) is 28.6 Å². The van der Waals surface area contributed by atoms with Crippen LogP contribution in [0.2, 0.25) is 0 Å². The summed E-state index contributed by atoms with van der Waals surface area (Å²) >= 11 is 0. The molecule has 4 aromatic rings. The number of nitrogens with one attached hydrogen (secondary N) is 1. The fourth-order valence-electron chi connectivity index (χ4n) is 2.84. The standard InChI is InChI=1S/C18H7N11.C2H3N/c1-2-23-18-11(6-22)28-16-15-14(26-9(4-20)10(5-21)27-15)12-13(17(16)29-18)25-8(3-19)7-24-12;1-2-3/h7H,2H2,1H3,(H,23,29);1H3. The van der Waals surface area contributed by atoms with E-state index in [9.17, 15) is 21.0 Å². The molecule has 32 heavy (non-hydrogen) atoms. The second-order valence-electron chi connectivity index (χ2n) is 5.89. The van der Waals surface area contributed by atoms with Crippen LogP contribution >= 0.6 is 0 Å². The van der Waals surface area contributed by atoms with Gasteiger partial charge in [0, 0.05) is 13.5 Å². The number of fused-ring (bicyclic) bond motifs is 6. The van der Waals surface area contributed by atoms with Gasteiger partial charge >= 0.3 is 0 Å². The molecule has 0 saturated carbocycles. The minimum atomic E-state index is -0.182. The van der Waals surface area contributed by atoms with E-state index in [-0.39, 0.29) is 61.7 Å². The van der Waals surface area contributed by atoms with E-state index in [0.29, 0.717) is 6.54 Å². The maximum atomic E-state index is 9.46. The molecule has 4 rings (SSSR count). The fourth-order valence-corrected chi connectivity index (χ4v) is 2.84. The van der Waals surface area contributed by atoms with E-state index < -0.39 is 0 Å². The number of nitriles is 5. The van der Waals surface area contributed by atoms with Crippen LogP contribution in [0.25, 0.3) is 33.1 Å². The molecule has 0 aliphatic carbocycles. The second kappa shape index (κ2) is 8.88. The minimum absolute atomic E-state index is 0.0223. The highest BCUT2D eigenvalue weighted by Crippen LogP contribution is 2.31. The lowest BCUT2D eigenvalue weighted by Gasteiger charge is -2.10. The number of anilines is 1. The maximum absolute atomic E-state index is 9.46. The van der Waals surface area contributed by atoms with Gasteiger partial charge in [-0.05, 0) is 6.92 Å². The normalized spacial score (nSPS) is 9.53. The highest BCUT2D eigenvalue weighted by atomic mass is 15.0. The highest BCUT2D eigenvalue weighted by molar-refractivity contribution is 6.18. The van der Waals surface area contributed by atoms with Gasteiger partial charge < -0.3 is 5.32 Å². The molecule has 0 fully saturated rings. The summed E-state index contributed by atoms with van der Waals surface area (Å²) in [6.07, 6.45) is 1.27. The van der Waals surface area contributed by atoms with E-state index >= 15 is 0 Å². The van der Waals surface area contributed by atoms with Crippen molar-refractivity contribution in [3.8, 4) is 30.3 Å². The molecule has 12 nitrogen and oxygen atoms in total. The van der Waals surface area contributed by atoms with Crippen molar-refractivity contribution in [2.75, 3.05) is 11.9 Å². The Hall–Kier alpha value is -5.51. The van der Waals surface area contributed by atoms with Gasteiger partial charge in [-0.25, -0.2) is 29.9 Å². The quantitative estimate of drug-likeness (QED) is 0.463. The van der Waals surface area contributed by atoms with Crippen molar-refractivity contribution in [1.29, 1.82) is 26.3 Å². The molecule has 0 aliphatic heterocycles. The first kappa shape index (κ1) is 21.2. The van der Waals surface area contributed by atoms with Gasteiger partial charge in [0.1, 0.15) is 57.4 Å². The van der Waals surface area contributed by atoms with Gasteiger partial charge in [-0.3, -0.25) is 0 Å². The summed E-state index contributed by atoms with van der Waals surface area (Å²) in [5.41, 5.74) is 0.947. The summed E-state index contributed by atoms with van der Waals surface area (Å²) in [6, 6.07) is 9.29. The number of hydrogen-bond acceptors (Lipinski definition) is 12. The molecule has 0 unspecified atom stereocenters. The van der Waals surface area contributed by atoms with Crippen molar-refractivity contribution >= 4 is 38.9 Å². The van der Waals surface area contributed by atoms with Crippen molar-refractivity contribution in [1.82, 2.24) is 29.9 Å². The molecule has 1 aromatic carbocycles. The zero-order valence-corrected chi connectivity index (χ0v) is 16.7. The van der Waals surface area contributed by atoms with Crippen LogP contribution in [0.15, 0.2) is 6.20 Å². The van der Waals surface area contributed by atoms with Crippen molar-refractivity contribution in [3.05, 3.63) is 29.0 Å². The Bertz CT molecular complexity index is 1600. The van der Waals surface area contributed by atoms with Crippen LogP contribution in [-0.4, -0.2) is 36.4 Å². The zero-order chi connectivity index (χ0) is 23.3. The topological polar surface area (TPSA) is 208 Å². The van der Waals surface area contributed by atoms with Gasteiger partial charge in [0.25, 0.3) is 0 Å². The second-order valence-corrected chi connectivity index (χ2v) is 5.89. The molecule has 0 amide bonds. The summed E-state index contributed by atoms with van der Waals surface area (Å²) in [7, 11) is 0. The number of benzene rings is 1. The molecule has 12 heteroatoms. The van der Waals surface area contributed by atoms with Gasteiger partial charge in [-0.15, -0.1) is 0 Å². The monoisotopic (exact) mass is 418 g/mol. The Morgan fingerprint density at radius 3 is 1.66 bits per heavy atom. The summed E-state index contributed by atoms with van der Waals surface area (Å²) in [5, 5.41) is 47.5. The Balaban J connectivity index is 0.000000913. The summed E-state index contributed by atoms with van der Waals surface area (Å²) in [6.45, 7) is 3.77. The molecule has 0 bridgehead atoms. The molecule has 150 valence electrons.